The first kappa shape index (κ1) is 14.3. The molecule has 0 aliphatic carbocycles. The highest BCUT2D eigenvalue weighted by Gasteiger charge is 2.19. The number of para-hydroxylation sites is 1. The standard InChI is InChI=1S/C16H13Cl2N3/c1-19-15(10-4-2-6-12(17)14(10)18)11-5-3-7-13-16(11)21-9-8-20-13/h2-9,15,19H,1H3. The SMILES string of the molecule is CNC(c1cccc(Cl)c1Cl)c1cccc2nccnc12. The van der Waals surface area contributed by atoms with Crippen LogP contribution in [0.1, 0.15) is 17.2 Å². The fraction of sp³-hybridized carbons (Fsp3) is 0.125. The van der Waals surface area contributed by atoms with E-state index in [4.69, 9.17) is 23.2 Å². The van der Waals surface area contributed by atoms with Gasteiger partial charge in [0.15, 0.2) is 0 Å². The highest BCUT2D eigenvalue weighted by molar-refractivity contribution is 6.42. The molecule has 21 heavy (non-hydrogen) atoms. The third-order valence-electron chi connectivity index (χ3n) is 3.42. The molecule has 0 radical (unpaired) electrons. The van der Waals surface area contributed by atoms with E-state index in [1.54, 1.807) is 18.5 Å². The van der Waals surface area contributed by atoms with Gasteiger partial charge in [-0.3, -0.25) is 9.97 Å². The van der Waals surface area contributed by atoms with E-state index in [-0.39, 0.29) is 6.04 Å². The number of benzene rings is 2. The minimum Gasteiger partial charge on any atom is -0.309 e. The highest BCUT2D eigenvalue weighted by atomic mass is 35.5. The van der Waals surface area contributed by atoms with Crippen LogP contribution in [0.25, 0.3) is 11.0 Å². The highest BCUT2D eigenvalue weighted by Crippen LogP contribution is 2.34. The maximum Gasteiger partial charge on any atom is 0.0937 e. The molecule has 0 aliphatic rings. The molecule has 3 rings (SSSR count). The predicted molar refractivity (Wildman–Crippen MR) is 86.9 cm³/mol. The summed E-state index contributed by atoms with van der Waals surface area (Å²) in [6.07, 6.45) is 3.38. The van der Waals surface area contributed by atoms with E-state index in [0.29, 0.717) is 10.0 Å². The van der Waals surface area contributed by atoms with Crippen LogP contribution in [-0.2, 0) is 0 Å². The van der Waals surface area contributed by atoms with Crippen molar-refractivity contribution in [1.82, 2.24) is 15.3 Å². The molecule has 0 amide bonds. The minimum atomic E-state index is -0.100. The van der Waals surface area contributed by atoms with Gasteiger partial charge in [-0.05, 0) is 24.7 Å². The maximum absolute atomic E-state index is 6.36. The molecule has 0 saturated heterocycles. The zero-order chi connectivity index (χ0) is 14.8. The van der Waals surface area contributed by atoms with Crippen LogP contribution in [0.15, 0.2) is 48.8 Å². The number of fused-ring (bicyclic) bond motifs is 1. The molecule has 0 bridgehead atoms. The summed E-state index contributed by atoms with van der Waals surface area (Å²) in [5.41, 5.74) is 3.65. The van der Waals surface area contributed by atoms with Gasteiger partial charge in [-0.25, -0.2) is 0 Å². The van der Waals surface area contributed by atoms with Crippen molar-refractivity contribution in [2.45, 2.75) is 6.04 Å². The largest absolute Gasteiger partial charge is 0.309 e. The van der Waals surface area contributed by atoms with Crippen molar-refractivity contribution in [3.63, 3.8) is 0 Å². The first-order valence-corrected chi connectivity index (χ1v) is 7.28. The molecule has 1 unspecified atom stereocenters. The quantitative estimate of drug-likeness (QED) is 0.785. The predicted octanol–water partition coefficient (Wildman–Crippen LogP) is 4.25. The number of nitrogens with zero attached hydrogens (tertiary/aromatic N) is 2. The smallest absolute Gasteiger partial charge is 0.0937 e. The van der Waals surface area contributed by atoms with Crippen molar-refractivity contribution in [3.8, 4) is 0 Å². The lowest BCUT2D eigenvalue weighted by atomic mass is 9.97. The zero-order valence-electron chi connectivity index (χ0n) is 11.3. The van der Waals surface area contributed by atoms with Gasteiger partial charge in [0, 0.05) is 18.0 Å². The molecule has 1 heterocycles. The molecule has 5 heteroatoms. The van der Waals surface area contributed by atoms with Gasteiger partial charge >= 0.3 is 0 Å². The molecule has 0 aliphatic heterocycles. The first-order chi connectivity index (χ1) is 10.2. The van der Waals surface area contributed by atoms with Gasteiger partial charge in [-0.15, -0.1) is 0 Å². The minimum absolute atomic E-state index is 0.100. The fourth-order valence-electron chi connectivity index (χ4n) is 2.47. The van der Waals surface area contributed by atoms with Crippen LogP contribution in [0.2, 0.25) is 10.0 Å². The zero-order valence-corrected chi connectivity index (χ0v) is 12.9. The second-order valence-electron chi connectivity index (χ2n) is 4.64. The van der Waals surface area contributed by atoms with Gasteiger partial charge in [0.05, 0.1) is 27.1 Å². The Morgan fingerprint density at radius 2 is 1.67 bits per heavy atom. The number of rotatable bonds is 3. The van der Waals surface area contributed by atoms with Crippen molar-refractivity contribution in [2.75, 3.05) is 7.05 Å². The van der Waals surface area contributed by atoms with E-state index in [2.05, 4.69) is 15.3 Å². The Morgan fingerprint density at radius 1 is 0.952 bits per heavy atom. The van der Waals surface area contributed by atoms with Crippen molar-refractivity contribution >= 4 is 34.2 Å². The molecule has 0 fully saturated rings. The van der Waals surface area contributed by atoms with Crippen molar-refractivity contribution in [2.24, 2.45) is 0 Å². The Bertz CT molecular complexity index is 784. The van der Waals surface area contributed by atoms with Crippen LogP contribution in [0.4, 0.5) is 0 Å². The van der Waals surface area contributed by atoms with Crippen molar-refractivity contribution in [1.29, 1.82) is 0 Å². The number of nitrogens with one attached hydrogen (secondary N) is 1. The summed E-state index contributed by atoms with van der Waals surface area (Å²) in [7, 11) is 1.89. The van der Waals surface area contributed by atoms with Crippen LogP contribution in [0.3, 0.4) is 0 Å². The Hall–Kier alpha value is -1.68. The van der Waals surface area contributed by atoms with Gasteiger partial charge in [0.25, 0.3) is 0 Å². The van der Waals surface area contributed by atoms with Crippen LogP contribution < -0.4 is 5.32 Å². The van der Waals surface area contributed by atoms with Crippen LogP contribution in [0.5, 0.6) is 0 Å². The van der Waals surface area contributed by atoms with E-state index in [1.807, 2.05) is 37.4 Å². The summed E-state index contributed by atoms with van der Waals surface area (Å²) >= 11 is 12.5. The van der Waals surface area contributed by atoms with Gasteiger partial charge < -0.3 is 5.32 Å². The molecule has 2 aromatic carbocycles. The normalized spacial score (nSPS) is 12.5. The molecule has 1 atom stereocenters. The number of hydrogen-bond acceptors (Lipinski definition) is 3. The van der Waals surface area contributed by atoms with Crippen LogP contribution in [-0.4, -0.2) is 17.0 Å². The lowest BCUT2D eigenvalue weighted by Gasteiger charge is -2.20. The number of halogens is 2. The fourth-order valence-corrected chi connectivity index (χ4v) is 2.89. The van der Waals surface area contributed by atoms with Gasteiger partial charge in [0.2, 0.25) is 0 Å². The van der Waals surface area contributed by atoms with Crippen LogP contribution >= 0.6 is 23.2 Å². The second-order valence-corrected chi connectivity index (χ2v) is 5.42. The van der Waals surface area contributed by atoms with E-state index in [0.717, 1.165) is 22.2 Å². The third-order valence-corrected chi connectivity index (χ3v) is 4.26. The Kier molecular flexibility index (Phi) is 4.06. The average Bonchev–Trinajstić information content (AvgIpc) is 2.52. The van der Waals surface area contributed by atoms with E-state index in [9.17, 15) is 0 Å². The summed E-state index contributed by atoms with van der Waals surface area (Å²) < 4.78 is 0. The molecule has 1 N–H and O–H groups in total. The molecular formula is C16H13Cl2N3. The molecule has 1 aromatic heterocycles. The summed E-state index contributed by atoms with van der Waals surface area (Å²) in [6.45, 7) is 0. The van der Waals surface area contributed by atoms with Crippen molar-refractivity contribution < 1.29 is 0 Å². The molecule has 3 aromatic rings. The van der Waals surface area contributed by atoms with Crippen LogP contribution in [0, 0.1) is 0 Å². The summed E-state index contributed by atoms with van der Waals surface area (Å²) in [5, 5.41) is 4.38. The second kappa shape index (κ2) is 5.98. The summed E-state index contributed by atoms with van der Waals surface area (Å²) in [6, 6.07) is 11.5. The molecule has 106 valence electrons. The lowest BCUT2D eigenvalue weighted by molar-refractivity contribution is 0.695. The van der Waals surface area contributed by atoms with E-state index < -0.39 is 0 Å². The lowest BCUT2D eigenvalue weighted by Crippen LogP contribution is -2.18. The van der Waals surface area contributed by atoms with Crippen molar-refractivity contribution in [3.05, 3.63) is 70.0 Å². The average molecular weight is 318 g/mol. The third kappa shape index (κ3) is 2.60. The molecule has 3 nitrogen and oxygen atoms in total. The Labute approximate surface area is 132 Å². The number of hydrogen-bond donors (Lipinski definition) is 1. The summed E-state index contributed by atoms with van der Waals surface area (Å²) in [5.74, 6) is 0. The Morgan fingerprint density at radius 3 is 2.48 bits per heavy atom. The molecule has 0 spiro atoms. The molecular weight excluding hydrogens is 305 g/mol. The Balaban J connectivity index is 2.21. The van der Waals surface area contributed by atoms with E-state index in [1.165, 1.54) is 0 Å². The maximum atomic E-state index is 6.36. The van der Waals surface area contributed by atoms with E-state index >= 15 is 0 Å². The molecule has 0 saturated carbocycles. The topological polar surface area (TPSA) is 37.8 Å². The van der Waals surface area contributed by atoms with Gasteiger partial charge in [0.1, 0.15) is 0 Å². The summed E-state index contributed by atoms with van der Waals surface area (Å²) in [4.78, 5) is 8.79. The first-order valence-electron chi connectivity index (χ1n) is 6.53. The van der Waals surface area contributed by atoms with Gasteiger partial charge in [-0.2, -0.15) is 0 Å². The van der Waals surface area contributed by atoms with Gasteiger partial charge in [-0.1, -0.05) is 47.5 Å². The monoisotopic (exact) mass is 317 g/mol. The number of aromatic nitrogens is 2.